The van der Waals surface area contributed by atoms with Crippen molar-refractivity contribution in [2.24, 2.45) is 0 Å². The molecule has 0 atom stereocenters. The summed E-state index contributed by atoms with van der Waals surface area (Å²) in [7, 11) is 0. The van der Waals surface area contributed by atoms with E-state index >= 15 is 0 Å². The Kier molecular flexibility index (Phi) is 3.64. The van der Waals surface area contributed by atoms with Crippen LogP contribution >= 0.6 is 0 Å². The molecule has 0 amide bonds. The van der Waals surface area contributed by atoms with Gasteiger partial charge in [-0.2, -0.15) is 0 Å². The summed E-state index contributed by atoms with van der Waals surface area (Å²) >= 11 is 0. The molecular weight excluding hydrogens is 254 g/mol. The lowest BCUT2D eigenvalue weighted by molar-refractivity contribution is 0.497. The molecule has 20 heavy (non-hydrogen) atoms. The second-order valence-corrected chi connectivity index (χ2v) is 4.33. The van der Waals surface area contributed by atoms with Crippen LogP contribution in [0.15, 0.2) is 35.0 Å². The SMILES string of the molecule is CCNCCc1nnc(-c2cccc3nccnc23)o1. The van der Waals surface area contributed by atoms with Crippen molar-refractivity contribution in [3.63, 3.8) is 0 Å². The number of nitrogens with one attached hydrogen (secondary N) is 1. The highest BCUT2D eigenvalue weighted by Crippen LogP contribution is 2.24. The summed E-state index contributed by atoms with van der Waals surface area (Å²) in [5.74, 6) is 1.12. The first-order chi connectivity index (χ1) is 9.88. The molecule has 0 saturated heterocycles. The van der Waals surface area contributed by atoms with Crippen molar-refractivity contribution in [3.05, 3.63) is 36.5 Å². The fraction of sp³-hybridized carbons (Fsp3) is 0.286. The maximum absolute atomic E-state index is 5.69. The summed E-state index contributed by atoms with van der Waals surface area (Å²) in [6, 6.07) is 5.74. The Hall–Kier alpha value is -2.34. The quantitative estimate of drug-likeness (QED) is 0.712. The van der Waals surface area contributed by atoms with Crippen LogP contribution in [0.5, 0.6) is 0 Å². The minimum Gasteiger partial charge on any atom is -0.421 e. The number of hydrogen-bond donors (Lipinski definition) is 1. The van der Waals surface area contributed by atoms with Gasteiger partial charge in [0.2, 0.25) is 11.8 Å². The number of aromatic nitrogens is 4. The maximum Gasteiger partial charge on any atom is 0.249 e. The van der Waals surface area contributed by atoms with Crippen LogP contribution in [0.3, 0.4) is 0 Å². The summed E-state index contributed by atoms with van der Waals surface area (Å²) in [4.78, 5) is 8.61. The van der Waals surface area contributed by atoms with Crippen molar-refractivity contribution in [2.75, 3.05) is 13.1 Å². The Morgan fingerprint density at radius 3 is 2.95 bits per heavy atom. The van der Waals surface area contributed by atoms with Gasteiger partial charge in [0, 0.05) is 25.4 Å². The topological polar surface area (TPSA) is 76.7 Å². The zero-order chi connectivity index (χ0) is 13.8. The van der Waals surface area contributed by atoms with Crippen molar-refractivity contribution in [3.8, 4) is 11.5 Å². The summed E-state index contributed by atoms with van der Waals surface area (Å²) in [6.45, 7) is 3.82. The van der Waals surface area contributed by atoms with Gasteiger partial charge in [0.25, 0.3) is 0 Å². The van der Waals surface area contributed by atoms with Gasteiger partial charge in [-0.1, -0.05) is 13.0 Å². The number of benzene rings is 1. The van der Waals surface area contributed by atoms with E-state index in [9.17, 15) is 0 Å². The van der Waals surface area contributed by atoms with E-state index in [4.69, 9.17) is 4.42 Å². The molecule has 0 aliphatic rings. The first-order valence-electron chi connectivity index (χ1n) is 6.61. The van der Waals surface area contributed by atoms with Crippen LogP contribution in [0.25, 0.3) is 22.5 Å². The van der Waals surface area contributed by atoms with Crippen LogP contribution in [-0.4, -0.2) is 33.3 Å². The number of rotatable bonds is 5. The van der Waals surface area contributed by atoms with Gasteiger partial charge in [-0.3, -0.25) is 9.97 Å². The number of nitrogens with zero attached hydrogens (tertiary/aromatic N) is 4. The highest BCUT2D eigenvalue weighted by molar-refractivity contribution is 5.88. The summed E-state index contributed by atoms with van der Waals surface area (Å²) < 4.78 is 5.69. The number of hydrogen-bond acceptors (Lipinski definition) is 6. The predicted octanol–water partition coefficient (Wildman–Crippen LogP) is 1.83. The highest BCUT2D eigenvalue weighted by Gasteiger charge is 2.12. The molecule has 0 radical (unpaired) electrons. The number of likely N-dealkylation sites (N-methyl/N-ethyl adjacent to an activating group) is 1. The Morgan fingerprint density at radius 1 is 1.15 bits per heavy atom. The molecule has 0 aliphatic carbocycles. The first kappa shape index (κ1) is 12.7. The van der Waals surface area contributed by atoms with Crippen LogP contribution in [-0.2, 0) is 6.42 Å². The molecule has 1 N–H and O–H groups in total. The van der Waals surface area contributed by atoms with Gasteiger partial charge in [-0.15, -0.1) is 10.2 Å². The minimum atomic E-state index is 0.489. The molecule has 3 aromatic rings. The smallest absolute Gasteiger partial charge is 0.249 e. The Balaban J connectivity index is 1.91. The molecule has 0 bridgehead atoms. The molecule has 0 saturated carbocycles. The molecule has 0 unspecified atom stereocenters. The standard InChI is InChI=1S/C14H15N5O/c1-2-15-7-6-12-18-19-14(20-12)10-4-3-5-11-13(10)17-9-8-16-11/h3-5,8-9,15H,2,6-7H2,1H3. The third-order valence-electron chi connectivity index (χ3n) is 2.96. The van der Waals surface area contributed by atoms with Crippen LogP contribution in [0.1, 0.15) is 12.8 Å². The molecule has 0 spiro atoms. The van der Waals surface area contributed by atoms with Crippen molar-refractivity contribution in [2.45, 2.75) is 13.3 Å². The number of para-hydroxylation sites is 1. The van der Waals surface area contributed by atoms with E-state index in [0.717, 1.165) is 36.1 Å². The van der Waals surface area contributed by atoms with E-state index in [1.54, 1.807) is 12.4 Å². The number of fused-ring (bicyclic) bond motifs is 1. The van der Waals surface area contributed by atoms with Crippen molar-refractivity contribution < 1.29 is 4.42 Å². The Labute approximate surface area is 116 Å². The Morgan fingerprint density at radius 2 is 2.05 bits per heavy atom. The zero-order valence-electron chi connectivity index (χ0n) is 11.2. The van der Waals surface area contributed by atoms with E-state index < -0.39 is 0 Å². The van der Waals surface area contributed by atoms with Crippen molar-refractivity contribution in [1.29, 1.82) is 0 Å². The summed E-state index contributed by atoms with van der Waals surface area (Å²) in [5, 5.41) is 11.4. The molecule has 1 aromatic carbocycles. The van der Waals surface area contributed by atoms with Gasteiger partial charge in [0.15, 0.2) is 0 Å². The average molecular weight is 269 g/mol. The van der Waals surface area contributed by atoms with Crippen LogP contribution in [0, 0.1) is 0 Å². The lowest BCUT2D eigenvalue weighted by Crippen LogP contribution is -2.16. The van der Waals surface area contributed by atoms with Gasteiger partial charge in [-0.05, 0) is 18.7 Å². The molecule has 6 heteroatoms. The van der Waals surface area contributed by atoms with Crippen LogP contribution < -0.4 is 5.32 Å². The second kappa shape index (κ2) is 5.75. The normalized spacial score (nSPS) is 11.1. The summed E-state index contributed by atoms with van der Waals surface area (Å²) in [6.07, 6.45) is 4.05. The molecule has 3 rings (SSSR count). The largest absolute Gasteiger partial charge is 0.421 e. The third kappa shape index (κ3) is 2.50. The predicted molar refractivity (Wildman–Crippen MR) is 75.1 cm³/mol. The average Bonchev–Trinajstić information content (AvgIpc) is 2.96. The van der Waals surface area contributed by atoms with Crippen LogP contribution in [0.2, 0.25) is 0 Å². The molecular formula is C14H15N5O. The van der Waals surface area contributed by atoms with Gasteiger partial charge < -0.3 is 9.73 Å². The summed E-state index contributed by atoms with van der Waals surface area (Å²) in [5.41, 5.74) is 2.41. The maximum atomic E-state index is 5.69. The van der Waals surface area contributed by atoms with Crippen molar-refractivity contribution >= 4 is 11.0 Å². The van der Waals surface area contributed by atoms with E-state index in [1.807, 2.05) is 18.2 Å². The van der Waals surface area contributed by atoms with Gasteiger partial charge in [0.1, 0.15) is 5.52 Å². The lowest BCUT2D eigenvalue weighted by Gasteiger charge is -2.00. The molecule has 6 nitrogen and oxygen atoms in total. The van der Waals surface area contributed by atoms with Crippen LogP contribution in [0.4, 0.5) is 0 Å². The molecule has 2 aromatic heterocycles. The Bertz CT molecular complexity index is 704. The first-order valence-corrected chi connectivity index (χ1v) is 6.61. The minimum absolute atomic E-state index is 0.489. The van der Waals surface area contributed by atoms with Gasteiger partial charge >= 0.3 is 0 Å². The second-order valence-electron chi connectivity index (χ2n) is 4.33. The fourth-order valence-corrected chi connectivity index (χ4v) is 2.00. The van der Waals surface area contributed by atoms with E-state index in [0.29, 0.717) is 11.8 Å². The van der Waals surface area contributed by atoms with Gasteiger partial charge in [-0.25, -0.2) is 0 Å². The molecule has 0 aliphatic heterocycles. The molecule has 2 heterocycles. The van der Waals surface area contributed by atoms with E-state index in [-0.39, 0.29) is 0 Å². The molecule has 0 fully saturated rings. The zero-order valence-corrected chi connectivity index (χ0v) is 11.2. The monoisotopic (exact) mass is 269 g/mol. The third-order valence-corrected chi connectivity index (χ3v) is 2.96. The lowest BCUT2D eigenvalue weighted by atomic mass is 10.2. The van der Waals surface area contributed by atoms with Gasteiger partial charge in [0.05, 0.1) is 11.1 Å². The van der Waals surface area contributed by atoms with E-state index in [1.165, 1.54) is 0 Å². The van der Waals surface area contributed by atoms with Crippen molar-refractivity contribution in [1.82, 2.24) is 25.5 Å². The molecule has 102 valence electrons. The highest BCUT2D eigenvalue weighted by atomic mass is 16.4. The van der Waals surface area contributed by atoms with E-state index in [2.05, 4.69) is 32.4 Å². The fourth-order valence-electron chi connectivity index (χ4n) is 2.00.